The van der Waals surface area contributed by atoms with Gasteiger partial charge in [0, 0.05) is 32.2 Å². The lowest BCUT2D eigenvalue weighted by Crippen LogP contribution is -2.36. The first-order valence-electron chi connectivity index (χ1n) is 7.11. The van der Waals surface area contributed by atoms with E-state index < -0.39 is 0 Å². The molecule has 1 aliphatic rings. The van der Waals surface area contributed by atoms with Gasteiger partial charge in [0.15, 0.2) is 0 Å². The van der Waals surface area contributed by atoms with Crippen LogP contribution in [0.3, 0.4) is 0 Å². The maximum Gasteiger partial charge on any atom is 0.233 e. The summed E-state index contributed by atoms with van der Waals surface area (Å²) in [5, 5.41) is 0. The number of nitrogens with two attached hydrogens (primary N) is 1. The maximum atomic E-state index is 12.8. The van der Waals surface area contributed by atoms with Crippen molar-refractivity contribution in [3.63, 3.8) is 0 Å². The van der Waals surface area contributed by atoms with E-state index >= 15 is 0 Å². The molecular formula is C16H20N4O. The highest BCUT2D eigenvalue weighted by Gasteiger charge is 2.52. The highest BCUT2D eigenvalue weighted by atomic mass is 16.2. The van der Waals surface area contributed by atoms with Crippen LogP contribution in [0.25, 0.3) is 0 Å². The second-order valence-corrected chi connectivity index (χ2v) is 5.82. The summed E-state index contributed by atoms with van der Waals surface area (Å²) in [6, 6.07) is 7.66. The van der Waals surface area contributed by atoms with E-state index in [0.717, 1.165) is 29.9 Å². The van der Waals surface area contributed by atoms with Crippen LogP contribution in [0, 0.1) is 0 Å². The molecule has 1 fully saturated rings. The fourth-order valence-corrected chi connectivity index (χ4v) is 2.75. The molecule has 1 aliphatic carbocycles. The van der Waals surface area contributed by atoms with Crippen molar-refractivity contribution >= 4 is 11.6 Å². The third-order valence-corrected chi connectivity index (χ3v) is 4.27. The lowest BCUT2D eigenvalue weighted by Gasteiger charge is -2.23. The first-order valence-corrected chi connectivity index (χ1v) is 7.11. The molecule has 0 atom stereocenters. The molecule has 0 saturated heterocycles. The van der Waals surface area contributed by atoms with Crippen LogP contribution in [-0.4, -0.2) is 27.4 Å². The van der Waals surface area contributed by atoms with Crippen LogP contribution in [0.1, 0.15) is 24.2 Å². The number of likely N-dealkylation sites (N-methyl/N-ethyl adjacent to an activating group) is 1. The lowest BCUT2D eigenvalue weighted by atomic mass is 9.94. The number of anilines is 1. The van der Waals surface area contributed by atoms with E-state index in [-0.39, 0.29) is 11.3 Å². The maximum absolute atomic E-state index is 12.8. The number of rotatable bonds is 4. The SMILES string of the molecule is CN(Cc1nccn1C)C(=O)C1(c2ccc(N)cc2)CC1. The molecule has 0 aliphatic heterocycles. The zero-order chi connectivity index (χ0) is 15.0. The van der Waals surface area contributed by atoms with Gasteiger partial charge in [0.2, 0.25) is 5.91 Å². The van der Waals surface area contributed by atoms with Gasteiger partial charge in [-0.15, -0.1) is 0 Å². The van der Waals surface area contributed by atoms with E-state index in [0.29, 0.717) is 6.54 Å². The van der Waals surface area contributed by atoms with Gasteiger partial charge < -0.3 is 15.2 Å². The van der Waals surface area contributed by atoms with Gasteiger partial charge in [0.1, 0.15) is 5.82 Å². The predicted molar refractivity (Wildman–Crippen MR) is 81.4 cm³/mol. The second kappa shape index (κ2) is 4.91. The van der Waals surface area contributed by atoms with Crippen LogP contribution < -0.4 is 5.73 Å². The molecular weight excluding hydrogens is 264 g/mol. The Kier molecular flexibility index (Phi) is 3.20. The molecule has 0 unspecified atom stereocenters. The van der Waals surface area contributed by atoms with Gasteiger partial charge in [-0.1, -0.05) is 12.1 Å². The predicted octanol–water partition coefficient (Wildman–Crippen LogP) is 1.69. The van der Waals surface area contributed by atoms with E-state index in [1.807, 2.05) is 49.1 Å². The van der Waals surface area contributed by atoms with Crippen molar-refractivity contribution in [2.75, 3.05) is 12.8 Å². The molecule has 1 saturated carbocycles. The Morgan fingerprint density at radius 1 is 1.38 bits per heavy atom. The minimum absolute atomic E-state index is 0.162. The molecule has 1 aromatic carbocycles. The molecule has 110 valence electrons. The summed E-state index contributed by atoms with van der Waals surface area (Å²) in [4.78, 5) is 18.9. The number of carbonyl (C=O) groups is 1. The lowest BCUT2D eigenvalue weighted by molar-refractivity contribution is -0.133. The number of amides is 1. The van der Waals surface area contributed by atoms with Gasteiger partial charge in [-0.25, -0.2) is 4.98 Å². The van der Waals surface area contributed by atoms with Crippen LogP contribution in [0.15, 0.2) is 36.7 Å². The van der Waals surface area contributed by atoms with Crippen LogP contribution in [-0.2, 0) is 23.8 Å². The summed E-state index contributed by atoms with van der Waals surface area (Å²) < 4.78 is 1.94. The number of imidazole rings is 1. The summed E-state index contributed by atoms with van der Waals surface area (Å²) in [6.45, 7) is 0.527. The van der Waals surface area contributed by atoms with Gasteiger partial charge in [0.05, 0.1) is 12.0 Å². The molecule has 2 N–H and O–H groups in total. The van der Waals surface area contributed by atoms with Gasteiger partial charge >= 0.3 is 0 Å². The summed E-state index contributed by atoms with van der Waals surface area (Å²) in [5.74, 6) is 1.05. The Bertz CT molecular complexity index is 655. The summed E-state index contributed by atoms with van der Waals surface area (Å²) in [7, 11) is 3.78. The minimum Gasteiger partial charge on any atom is -0.399 e. The Morgan fingerprint density at radius 2 is 2.05 bits per heavy atom. The molecule has 5 heteroatoms. The molecule has 3 rings (SSSR count). The summed E-state index contributed by atoms with van der Waals surface area (Å²) in [5.41, 5.74) is 7.16. The highest BCUT2D eigenvalue weighted by Crippen LogP contribution is 2.49. The molecule has 1 amide bonds. The second-order valence-electron chi connectivity index (χ2n) is 5.82. The van der Waals surface area contributed by atoms with E-state index in [2.05, 4.69) is 4.98 Å². The number of nitrogens with zero attached hydrogens (tertiary/aromatic N) is 3. The first-order chi connectivity index (χ1) is 10.0. The molecule has 1 aromatic heterocycles. The number of hydrogen-bond acceptors (Lipinski definition) is 3. The van der Waals surface area contributed by atoms with E-state index in [9.17, 15) is 4.79 Å². The normalized spacial score (nSPS) is 15.7. The molecule has 5 nitrogen and oxygen atoms in total. The topological polar surface area (TPSA) is 64.2 Å². The largest absolute Gasteiger partial charge is 0.399 e. The van der Waals surface area contributed by atoms with Crippen molar-refractivity contribution in [1.29, 1.82) is 0 Å². The molecule has 0 spiro atoms. The van der Waals surface area contributed by atoms with Crippen LogP contribution in [0.5, 0.6) is 0 Å². The Balaban J connectivity index is 1.78. The van der Waals surface area contributed by atoms with Crippen molar-refractivity contribution in [1.82, 2.24) is 14.5 Å². The zero-order valence-corrected chi connectivity index (χ0v) is 12.4. The van der Waals surface area contributed by atoms with Crippen molar-refractivity contribution in [3.8, 4) is 0 Å². The number of aryl methyl sites for hydroxylation is 1. The molecule has 2 aromatic rings. The van der Waals surface area contributed by atoms with Crippen molar-refractivity contribution in [2.24, 2.45) is 7.05 Å². The number of nitrogen functional groups attached to an aromatic ring is 1. The van der Waals surface area contributed by atoms with Gasteiger partial charge in [-0.2, -0.15) is 0 Å². The average Bonchev–Trinajstić information content (AvgIpc) is 3.19. The van der Waals surface area contributed by atoms with E-state index in [1.54, 1.807) is 11.1 Å². The fraction of sp³-hybridized carbons (Fsp3) is 0.375. The van der Waals surface area contributed by atoms with Crippen molar-refractivity contribution < 1.29 is 4.79 Å². The van der Waals surface area contributed by atoms with Crippen LogP contribution in [0.4, 0.5) is 5.69 Å². The van der Waals surface area contributed by atoms with Crippen LogP contribution in [0.2, 0.25) is 0 Å². The van der Waals surface area contributed by atoms with Crippen molar-refractivity contribution in [2.45, 2.75) is 24.8 Å². The van der Waals surface area contributed by atoms with Crippen LogP contribution >= 0.6 is 0 Å². The van der Waals surface area contributed by atoms with Crippen molar-refractivity contribution in [3.05, 3.63) is 48.0 Å². The van der Waals surface area contributed by atoms with E-state index in [4.69, 9.17) is 5.73 Å². The number of hydrogen-bond donors (Lipinski definition) is 1. The quantitative estimate of drug-likeness (QED) is 0.869. The zero-order valence-electron chi connectivity index (χ0n) is 12.4. The van der Waals surface area contributed by atoms with Gasteiger partial charge in [-0.3, -0.25) is 4.79 Å². The van der Waals surface area contributed by atoms with Gasteiger partial charge in [0.25, 0.3) is 0 Å². The Morgan fingerprint density at radius 3 is 2.57 bits per heavy atom. The fourth-order valence-electron chi connectivity index (χ4n) is 2.75. The van der Waals surface area contributed by atoms with E-state index in [1.165, 1.54) is 0 Å². The number of carbonyl (C=O) groups excluding carboxylic acids is 1. The Labute approximate surface area is 124 Å². The molecule has 1 heterocycles. The number of benzene rings is 1. The summed E-state index contributed by atoms with van der Waals surface area (Å²) in [6.07, 6.45) is 5.45. The monoisotopic (exact) mass is 284 g/mol. The third-order valence-electron chi connectivity index (χ3n) is 4.27. The Hall–Kier alpha value is -2.30. The third kappa shape index (κ3) is 2.39. The summed E-state index contributed by atoms with van der Waals surface area (Å²) >= 11 is 0. The molecule has 0 radical (unpaired) electrons. The number of aromatic nitrogens is 2. The standard InChI is InChI=1S/C16H20N4O/c1-19-10-9-18-14(19)11-20(2)15(21)16(7-8-16)12-3-5-13(17)6-4-12/h3-6,9-10H,7-8,11,17H2,1-2H3. The highest BCUT2D eigenvalue weighted by molar-refractivity contribution is 5.91. The first kappa shape index (κ1) is 13.7. The molecule has 0 bridgehead atoms. The minimum atomic E-state index is -0.354. The average molecular weight is 284 g/mol. The smallest absolute Gasteiger partial charge is 0.233 e. The molecule has 21 heavy (non-hydrogen) atoms. The van der Waals surface area contributed by atoms with Gasteiger partial charge in [-0.05, 0) is 30.5 Å².